The molecular formula is C34H22N2O+2. The van der Waals surface area contributed by atoms with Crippen LogP contribution in [0.1, 0.15) is 0 Å². The van der Waals surface area contributed by atoms with Crippen LogP contribution in [-0.2, 0) is 0 Å². The first-order valence-electron chi connectivity index (χ1n) is 12.5. The molecule has 0 radical (unpaired) electrons. The Hall–Kier alpha value is -5.02. The van der Waals surface area contributed by atoms with Gasteiger partial charge in [-0.3, -0.25) is 0 Å². The first-order valence-corrected chi connectivity index (χ1v) is 12.5. The van der Waals surface area contributed by atoms with Crippen LogP contribution in [0.25, 0.3) is 65.6 Å². The van der Waals surface area contributed by atoms with E-state index in [1.165, 1.54) is 16.2 Å². The maximum atomic E-state index is 6.68. The number of pyridine rings is 2. The lowest BCUT2D eigenvalue weighted by atomic mass is 10.0. The molecule has 0 saturated heterocycles. The lowest BCUT2D eigenvalue weighted by Gasteiger charge is -2.02. The van der Waals surface area contributed by atoms with E-state index >= 15 is 0 Å². The Balaban J connectivity index is 1.76. The molecule has 0 N–H and O–H groups in total. The van der Waals surface area contributed by atoms with E-state index < -0.39 is 0 Å². The number of benzene rings is 4. The first kappa shape index (κ1) is 20.2. The van der Waals surface area contributed by atoms with E-state index in [1.807, 2.05) is 6.07 Å². The fraction of sp³-hybridized carbons (Fsp3) is 0. The summed E-state index contributed by atoms with van der Waals surface area (Å²) in [5.41, 5.74) is 6.26. The maximum absolute atomic E-state index is 6.68. The van der Waals surface area contributed by atoms with E-state index in [9.17, 15) is 0 Å². The number of hydrogen-bond donors (Lipinski definition) is 0. The van der Waals surface area contributed by atoms with Gasteiger partial charge >= 0.3 is 0 Å². The molecule has 4 aromatic heterocycles. The van der Waals surface area contributed by atoms with Crippen LogP contribution < -0.4 is 8.80 Å². The van der Waals surface area contributed by atoms with Crippen molar-refractivity contribution in [2.75, 3.05) is 0 Å². The SMILES string of the molecule is c1ccc2c(c1)oc1cc3c4cccc[n+]4c4ccccc4c4cccc[n+]4c3cc1c1ccccc21. The van der Waals surface area contributed by atoms with Crippen LogP contribution in [0.15, 0.2) is 138 Å². The van der Waals surface area contributed by atoms with Crippen molar-refractivity contribution in [2.24, 2.45) is 0 Å². The summed E-state index contributed by atoms with van der Waals surface area (Å²) < 4.78 is 11.3. The zero-order chi connectivity index (χ0) is 24.3. The van der Waals surface area contributed by atoms with Gasteiger partial charge < -0.3 is 4.42 Å². The molecule has 4 heterocycles. The Labute approximate surface area is 212 Å². The topological polar surface area (TPSA) is 21.3 Å². The standard InChI is InChI=1S/C34H22N2O/c1-2-12-24-23(11-1)25-13-4-6-18-33(25)37-34-22-28-31-17-8-9-19-35(31)29-15-5-3-14-26(29)30-16-7-10-20-36(30)32(28)21-27(24)34/h1-22H/q+2. The number of fused-ring (bicyclic) bond motifs is 13. The molecule has 3 nitrogen and oxygen atoms in total. The average Bonchev–Trinajstić information content (AvgIpc) is 3.10. The maximum Gasteiger partial charge on any atom is 0.226 e. The minimum atomic E-state index is 0.860. The van der Waals surface area contributed by atoms with Gasteiger partial charge in [-0.15, -0.1) is 0 Å². The highest BCUT2D eigenvalue weighted by atomic mass is 16.3. The molecule has 0 fully saturated rings. The molecule has 8 rings (SSSR count). The second-order valence-corrected chi connectivity index (χ2v) is 9.44. The fourth-order valence-electron chi connectivity index (χ4n) is 5.76. The third-order valence-corrected chi connectivity index (χ3v) is 7.41. The molecule has 0 unspecified atom stereocenters. The summed E-state index contributed by atoms with van der Waals surface area (Å²) in [5.74, 6) is 0. The number of rotatable bonds is 0. The Bertz CT molecular complexity index is 2260. The quantitative estimate of drug-likeness (QED) is 0.207. The number of nitrogens with zero attached hydrogens (tertiary/aromatic N) is 2. The molecule has 0 aliphatic carbocycles. The first-order chi connectivity index (χ1) is 18.4. The molecule has 0 bridgehead atoms. The zero-order valence-electron chi connectivity index (χ0n) is 20.0. The normalized spacial score (nSPS) is 11.8. The smallest absolute Gasteiger partial charge is 0.226 e. The van der Waals surface area contributed by atoms with Gasteiger partial charge in [-0.2, -0.15) is 8.80 Å². The fourth-order valence-corrected chi connectivity index (χ4v) is 5.76. The van der Waals surface area contributed by atoms with Gasteiger partial charge in [-0.05, 0) is 35.0 Å². The highest BCUT2D eigenvalue weighted by Crippen LogP contribution is 2.33. The molecule has 172 valence electrons. The van der Waals surface area contributed by atoms with Gasteiger partial charge in [0.1, 0.15) is 21.9 Å². The molecule has 0 saturated carbocycles. The molecular weight excluding hydrogens is 452 g/mol. The minimum Gasteiger partial charge on any atom is -0.456 e. The van der Waals surface area contributed by atoms with Crippen molar-refractivity contribution in [3.63, 3.8) is 0 Å². The van der Waals surface area contributed by atoms with Crippen molar-refractivity contribution in [3.05, 3.63) is 134 Å². The third-order valence-electron chi connectivity index (χ3n) is 7.41. The molecule has 37 heavy (non-hydrogen) atoms. The summed E-state index contributed by atoms with van der Waals surface area (Å²) >= 11 is 0. The summed E-state index contributed by atoms with van der Waals surface area (Å²) in [6.07, 6.45) is 4.31. The number of aromatic nitrogens is 2. The van der Waals surface area contributed by atoms with Gasteiger partial charge in [0.15, 0.2) is 12.4 Å². The minimum absolute atomic E-state index is 0.860. The van der Waals surface area contributed by atoms with Gasteiger partial charge in [0, 0.05) is 53.2 Å². The van der Waals surface area contributed by atoms with Crippen LogP contribution in [0, 0.1) is 0 Å². The monoisotopic (exact) mass is 474 g/mol. The summed E-state index contributed by atoms with van der Waals surface area (Å²) in [7, 11) is 0. The Morgan fingerprint density at radius 2 is 0.865 bits per heavy atom. The van der Waals surface area contributed by atoms with Crippen LogP contribution in [0.2, 0.25) is 0 Å². The van der Waals surface area contributed by atoms with Gasteiger partial charge in [-0.1, -0.05) is 54.6 Å². The van der Waals surface area contributed by atoms with Crippen molar-refractivity contribution < 1.29 is 13.2 Å². The largest absolute Gasteiger partial charge is 0.456 e. The summed E-state index contributed by atoms with van der Waals surface area (Å²) in [4.78, 5) is 0. The molecule has 4 aromatic carbocycles. The van der Waals surface area contributed by atoms with Gasteiger partial charge in [0.25, 0.3) is 0 Å². The van der Waals surface area contributed by atoms with Crippen LogP contribution in [0.3, 0.4) is 0 Å². The molecule has 0 aliphatic heterocycles. The predicted molar refractivity (Wildman–Crippen MR) is 150 cm³/mol. The van der Waals surface area contributed by atoms with Gasteiger partial charge in [0.2, 0.25) is 22.1 Å². The lowest BCUT2D eigenvalue weighted by molar-refractivity contribution is -0.488. The van der Waals surface area contributed by atoms with Crippen LogP contribution in [0.5, 0.6) is 0 Å². The van der Waals surface area contributed by atoms with Gasteiger partial charge in [-0.25, -0.2) is 0 Å². The van der Waals surface area contributed by atoms with Crippen LogP contribution in [-0.4, -0.2) is 0 Å². The summed E-state index contributed by atoms with van der Waals surface area (Å²) in [6, 6.07) is 42.8. The Morgan fingerprint density at radius 1 is 0.351 bits per heavy atom. The van der Waals surface area contributed by atoms with Crippen LogP contribution in [0.4, 0.5) is 0 Å². The molecule has 0 amide bonds. The molecule has 3 heteroatoms. The highest BCUT2D eigenvalue weighted by molar-refractivity contribution is 6.16. The lowest BCUT2D eigenvalue weighted by Crippen LogP contribution is -2.26. The van der Waals surface area contributed by atoms with E-state index in [0.29, 0.717) is 0 Å². The van der Waals surface area contributed by atoms with E-state index in [0.717, 1.165) is 49.4 Å². The van der Waals surface area contributed by atoms with Gasteiger partial charge in [0.05, 0.1) is 0 Å². The van der Waals surface area contributed by atoms with Crippen LogP contribution >= 0.6 is 0 Å². The Kier molecular flexibility index (Phi) is 4.23. The second-order valence-electron chi connectivity index (χ2n) is 9.44. The molecule has 8 aromatic rings. The Morgan fingerprint density at radius 3 is 1.59 bits per heavy atom. The third kappa shape index (κ3) is 2.95. The summed E-state index contributed by atoms with van der Waals surface area (Å²) in [6.45, 7) is 0. The van der Waals surface area contributed by atoms with E-state index in [1.54, 1.807) is 0 Å². The zero-order valence-corrected chi connectivity index (χ0v) is 20.0. The van der Waals surface area contributed by atoms with E-state index in [2.05, 4.69) is 136 Å². The molecule has 0 atom stereocenters. The average molecular weight is 475 g/mol. The van der Waals surface area contributed by atoms with Crippen molar-refractivity contribution in [1.82, 2.24) is 0 Å². The summed E-state index contributed by atoms with van der Waals surface area (Å²) in [5, 5.41) is 6.85. The van der Waals surface area contributed by atoms with E-state index in [4.69, 9.17) is 4.42 Å². The van der Waals surface area contributed by atoms with Crippen molar-refractivity contribution in [3.8, 4) is 0 Å². The molecule has 0 spiro atoms. The van der Waals surface area contributed by atoms with Crippen molar-refractivity contribution in [2.45, 2.75) is 0 Å². The number of para-hydroxylation sites is 2. The highest BCUT2D eigenvalue weighted by Gasteiger charge is 2.20. The second kappa shape index (κ2) is 7.74. The number of hydrogen-bond acceptors (Lipinski definition) is 1. The molecule has 0 aliphatic rings. The van der Waals surface area contributed by atoms with Crippen molar-refractivity contribution in [1.29, 1.82) is 0 Å². The van der Waals surface area contributed by atoms with E-state index in [-0.39, 0.29) is 0 Å². The van der Waals surface area contributed by atoms with Crippen molar-refractivity contribution >= 4 is 65.6 Å². The predicted octanol–water partition coefficient (Wildman–Crippen LogP) is 7.65.